The zero-order chi connectivity index (χ0) is 22.3. The van der Waals surface area contributed by atoms with Crippen LogP contribution in [0.4, 0.5) is 4.79 Å². The fourth-order valence-electron chi connectivity index (χ4n) is 6.30. The summed E-state index contributed by atoms with van der Waals surface area (Å²) in [6.45, 7) is 9.92. The molecule has 4 rings (SSSR count). The minimum Gasteiger partial charge on any atom is -0.462 e. The number of esters is 1. The summed E-state index contributed by atoms with van der Waals surface area (Å²) < 4.78 is 11.4. The summed E-state index contributed by atoms with van der Waals surface area (Å²) in [6.07, 6.45) is 14.4. The largest absolute Gasteiger partial charge is 0.462 e. The fraction of sp³-hybridized carbons (Fsp3) is 0.769. The molecule has 0 spiro atoms. The van der Waals surface area contributed by atoms with Crippen molar-refractivity contribution in [1.82, 2.24) is 4.90 Å². The number of hydrogen-bond donors (Lipinski definition) is 0. The SMILES string of the molecule is C[C@@H]1OC(=O)[C@H]2C=C3CCCC[C@@H]3[C@@H](/C=C/[C@@H]3CCC[C@H](C)N3C(=O)OC(C)(C)C)[C@@H]12. The summed E-state index contributed by atoms with van der Waals surface area (Å²) in [4.78, 5) is 27.4. The van der Waals surface area contributed by atoms with Gasteiger partial charge in [0.15, 0.2) is 0 Å². The van der Waals surface area contributed by atoms with Crippen LogP contribution in [0.5, 0.6) is 0 Å². The van der Waals surface area contributed by atoms with Gasteiger partial charge in [0, 0.05) is 12.0 Å². The molecular weight excluding hydrogens is 390 g/mol. The number of carbonyl (C=O) groups excluding carboxylic acids is 2. The van der Waals surface area contributed by atoms with Crippen LogP contribution in [0.1, 0.15) is 79.6 Å². The molecule has 5 nitrogen and oxygen atoms in total. The first-order chi connectivity index (χ1) is 14.7. The van der Waals surface area contributed by atoms with Crippen LogP contribution in [0.3, 0.4) is 0 Å². The van der Waals surface area contributed by atoms with Gasteiger partial charge in [-0.25, -0.2) is 4.79 Å². The third-order valence-corrected chi connectivity index (χ3v) is 7.65. The lowest BCUT2D eigenvalue weighted by molar-refractivity contribution is -0.142. The van der Waals surface area contributed by atoms with Crippen LogP contribution >= 0.6 is 0 Å². The molecule has 0 unspecified atom stereocenters. The highest BCUT2D eigenvalue weighted by Gasteiger charge is 2.50. The van der Waals surface area contributed by atoms with Gasteiger partial charge in [0.1, 0.15) is 11.7 Å². The van der Waals surface area contributed by atoms with Gasteiger partial charge in [-0.3, -0.25) is 9.69 Å². The predicted molar refractivity (Wildman–Crippen MR) is 120 cm³/mol. The van der Waals surface area contributed by atoms with Crippen LogP contribution < -0.4 is 0 Å². The molecule has 2 aliphatic carbocycles. The van der Waals surface area contributed by atoms with Crippen molar-refractivity contribution in [3.63, 3.8) is 0 Å². The highest BCUT2D eigenvalue weighted by Crippen LogP contribution is 2.50. The zero-order valence-corrected chi connectivity index (χ0v) is 19.8. The number of allylic oxidation sites excluding steroid dienone is 2. The molecule has 0 aromatic rings. The number of cyclic esters (lactones) is 1. The van der Waals surface area contributed by atoms with Gasteiger partial charge < -0.3 is 9.47 Å². The highest BCUT2D eigenvalue weighted by atomic mass is 16.6. The molecule has 7 atom stereocenters. The molecule has 31 heavy (non-hydrogen) atoms. The molecule has 5 heteroatoms. The molecule has 0 aromatic heterocycles. The van der Waals surface area contributed by atoms with E-state index < -0.39 is 5.60 Å². The van der Waals surface area contributed by atoms with Gasteiger partial charge >= 0.3 is 12.1 Å². The number of carbonyl (C=O) groups is 2. The van der Waals surface area contributed by atoms with E-state index in [0.717, 1.165) is 25.7 Å². The quantitative estimate of drug-likeness (QED) is 0.421. The van der Waals surface area contributed by atoms with E-state index in [2.05, 4.69) is 25.2 Å². The van der Waals surface area contributed by atoms with E-state index in [1.54, 1.807) is 0 Å². The second-order valence-electron chi connectivity index (χ2n) is 11.0. The smallest absolute Gasteiger partial charge is 0.411 e. The molecule has 1 amide bonds. The van der Waals surface area contributed by atoms with Crippen molar-refractivity contribution in [2.45, 2.75) is 103 Å². The second kappa shape index (κ2) is 8.63. The average Bonchev–Trinajstić information content (AvgIpc) is 2.97. The predicted octanol–water partition coefficient (Wildman–Crippen LogP) is 5.64. The Morgan fingerprint density at radius 2 is 1.90 bits per heavy atom. The van der Waals surface area contributed by atoms with Crippen LogP contribution in [-0.4, -0.2) is 40.8 Å². The van der Waals surface area contributed by atoms with Gasteiger partial charge in [0.2, 0.25) is 0 Å². The molecule has 1 saturated carbocycles. The van der Waals surface area contributed by atoms with Crippen molar-refractivity contribution in [2.24, 2.45) is 23.7 Å². The van der Waals surface area contributed by atoms with Gasteiger partial charge in [0.05, 0.1) is 12.0 Å². The van der Waals surface area contributed by atoms with E-state index in [0.29, 0.717) is 11.8 Å². The van der Waals surface area contributed by atoms with Gasteiger partial charge in [-0.2, -0.15) is 0 Å². The van der Waals surface area contributed by atoms with Gasteiger partial charge in [-0.15, -0.1) is 0 Å². The Bertz CT molecular complexity index is 764. The van der Waals surface area contributed by atoms with Crippen molar-refractivity contribution >= 4 is 12.1 Å². The molecule has 2 heterocycles. The number of fused-ring (bicyclic) bond motifs is 2. The zero-order valence-electron chi connectivity index (χ0n) is 19.8. The number of likely N-dealkylation sites (tertiary alicyclic amines) is 1. The van der Waals surface area contributed by atoms with Gasteiger partial charge in [-0.1, -0.05) is 30.2 Å². The molecule has 0 aromatic carbocycles. The number of hydrogen-bond acceptors (Lipinski definition) is 4. The Kier molecular flexibility index (Phi) is 6.24. The first-order valence-corrected chi connectivity index (χ1v) is 12.3. The maximum atomic E-state index is 13.0. The minimum atomic E-state index is -0.502. The fourth-order valence-corrected chi connectivity index (χ4v) is 6.30. The van der Waals surface area contributed by atoms with Crippen molar-refractivity contribution in [1.29, 1.82) is 0 Å². The van der Waals surface area contributed by atoms with E-state index in [1.165, 1.54) is 24.8 Å². The molecule has 4 aliphatic rings. The van der Waals surface area contributed by atoms with Gasteiger partial charge in [0.25, 0.3) is 0 Å². The molecule has 3 fully saturated rings. The highest BCUT2D eigenvalue weighted by molar-refractivity contribution is 5.78. The van der Waals surface area contributed by atoms with E-state index in [-0.39, 0.29) is 42.1 Å². The summed E-state index contributed by atoms with van der Waals surface area (Å²) in [5, 5.41) is 0. The first kappa shape index (κ1) is 22.4. The summed E-state index contributed by atoms with van der Waals surface area (Å²) in [5.41, 5.74) is 0.951. The number of ether oxygens (including phenoxy) is 2. The van der Waals surface area contributed by atoms with Crippen LogP contribution in [0.15, 0.2) is 23.8 Å². The molecule has 0 bridgehead atoms. The molecule has 2 saturated heterocycles. The Morgan fingerprint density at radius 1 is 1.13 bits per heavy atom. The number of piperidine rings is 1. The Hall–Kier alpha value is -1.78. The normalized spacial score (nSPS) is 38.4. The average molecular weight is 430 g/mol. The lowest BCUT2D eigenvalue weighted by atomic mass is 9.62. The van der Waals surface area contributed by atoms with Crippen LogP contribution in [0.25, 0.3) is 0 Å². The maximum Gasteiger partial charge on any atom is 0.411 e. The van der Waals surface area contributed by atoms with Crippen LogP contribution in [0.2, 0.25) is 0 Å². The van der Waals surface area contributed by atoms with Crippen LogP contribution in [0, 0.1) is 23.7 Å². The Labute approximate surface area is 187 Å². The Balaban J connectivity index is 1.59. The monoisotopic (exact) mass is 429 g/mol. The van der Waals surface area contributed by atoms with Crippen molar-refractivity contribution in [2.75, 3.05) is 0 Å². The molecule has 2 aliphatic heterocycles. The van der Waals surface area contributed by atoms with Crippen molar-refractivity contribution in [3.8, 4) is 0 Å². The number of rotatable bonds is 2. The lowest BCUT2D eigenvalue weighted by Gasteiger charge is -2.42. The summed E-state index contributed by atoms with van der Waals surface area (Å²) in [7, 11) is 0. The Morgan fingerprint density at radius 3 is 2.65 bits per heavy atom. The van der Waals surface area contributed by atoms with Crippen molar-refractivity contribution < 1.29 is 19.1 Å². The standard InChI is InChI=1S/C26H39NO4/c1-16-9-8-11-19(27(16)25(29)31-26(3,4)5)13-14-21-20-12-7-6-10-18(20)15-22-23(21)17(2)30-24(22)28/h13-17,19-23H,6-12H2,1-5H3/b14-13+/t16-,17-,19-,20-,21+,22-,23+/m0/s1. The third-order valence-electron chi connectivity index (χ3n) is 7.65. The molecule has 0 N–H and O–H groups in total. The molecular formula is C26H39NO4. The van der Waals surface area contributed by atoms with E-state index in [9.17, 15) is 9.59 Å². The molecule has 172 valence electrons. The summed E-state index contributed by atoms with van der Waals surface area (Å²) >= 11 is 0. The minimum absolute atomic E-state index is 0.0447. The second-order valence-corrected chi connectivity index (χ2v) is 11.0. The summed E-state index contributed by atoms with van der Waals surface area (Å²) in [5.74, 6) is 0.825. The third kappa shape index (κ3) is 4.56. The number of amides is 1. The van der Waals surface area contributed by atoms with E-state index >= 15 is 0 Å². The van der Waals surface area contributed by atoms with Crippen molar-refractivity contribution in [3.05, 3.63) is 23.8 Å². The molecule has 0 radical (unpaired) electrons. The van der Waals surface area contributed by atoms with E-state index in [4.69, 9.17) is 9.47 Å². The maximum absolute atomic E-state index is 13.0. The first-order valence-electron chi connectivity index (χ1n) is 12.3. The summed E-state index contributed by atoms with van der Waals surface area (Å²) in [6, 6.07) is 0.209. The number of nitrogens with zero attached hydrogens (tertiary/aromatic N) is 1. The lowest BCUT2D eigenvalue weighted by Crippen LogP contribution is -2.50. The van der Waals surface area contributed by atoms with Gasteiger partial charge in [-0.05, 0) is 85.0 Å². The topological polar surface area (TPSA) is 55.8 Å². The van der Waals surface area contributed by atoms with E-state index in [1.807, 2.05) is 32.6 Å². The van der Waals surface area contributed by atoms with Crippen LogP contribution in [-0.2, 0) is 14.3 Å².